The maximum atomic E-state index is 12.0. The SMILES string of the molecule is CC(=O)NCCCCN(CCCNC(=O)C(F)(F)F)C(C)=O. The van der Waals surface area contributed by atoms with E-state index in [1.807, 2.05) is 0 Å². The molecule has 2 N–H and O–H groups in total. The van der Waals surface area contributed by atoms with Crippen molar-refractivity contribution in [2.75, 3.05) is 26.2 Å². The van der Waals surface area contributed by atoms with E-state index in [1.54, 1.807) is 5.32 Å². The van der Waals surface area contributed by atoms with Gasteiger partial charge in [-0.25, -0.2) is 0 Å². The summed E-state index contributed by atoms with van der Waals surface area (Å²) in [4.78, 5) is 34.1. The van der Waals surface area contributed by atoms with E-state index in [4.69, 9.17) is 0 Å². The summed E-state index contributed by atoms with van der Waals surface area (Å²) in [5.74, 6) is -2.28. The molecule has 0 saturated carbocycles. The molecule has 0 aliphatic carbocycles. The van der Waals surface area contributed by atoms with E-state index in [-0.39, 0.29) is 31.3 Å². The Morgan fingerprint density at radius 2 is 1.45 bits per heavy atom. The zero-order valence-electron chi connectivity index (χ0n) is 12.8. The molecule has 0 unspecified atom stereocenters. The normalized spacial score (nSPS) is 11.0. The first-order valence-corrected chi connectivity index (χ1v) is 6.99. The average molecular weight is 325 g/mol. The molecule has 0 rings (SSSR count). The van der Waals surface area contributed by atoms with Crippen LogP contribution in [0.1, 0.15) is 33.1 Å². The first kappa shape index (κ1) is 20.2. The summed E-state index contributed by atoms with van der Waals surface area (Å²) in [6.07, 6.45) is -3.26. The summed E-state index contributed by atoms with van der Waals surface area (Å²) in [5, 5.41) is 4.39. The zero-order chi connectivity index (χ0) is 17.2. The van der Waals surface area contributed by atoms with Crippen molar-refractivity contribution in [2.45, 2.75) is 39.3 Å². The maximum Gasteiger partial charge on any atom is 0.471 e. The third-order valence-corrected chi connectivity index (χ3v) is 2.82. The molecule has 0 aliphatic rings. The Balaban J connectivity index is 3.89. The number of halogens is 3. The molecule has 0 spiro atoms. The van der Waals surface area contributed by atoms with Gasteiger partial charge in [0.25, 0.3) is 0 Å². The first-order valence-electron chi connectivity index (χ1n) is 6.99. The van der Waals surface area contributed by atoms with Gasteiger partial charge in [-0.2, -0.15) is 13.2 Å². The Morgan fingerprint density at radius 1 is 0.909 bits per heavy atom. The molecule has 0 fully saturated rings. The van der Waals surface area contributed by atoms with Crippen molar-refractivity contribution in [3.8, 4) is 0 Å². The highest BCUT2D eigenvalue weighted by Crippen LogP contribution is 2.13. The number of alkyl halides is 3. The van der Waals surface area contributed by atoms with E-state index in [0.29, 0.717) is 25.9 Å². The minimum absolute atomic E-state index is 0.121. The van der Waals surface area contributed by atoms with E-state index < -0.39 is 12.1 Å². The lowest BCUT2D eigenvalue weighted by Crippen LogP contribution is -2.39. The summed E-state index contributed by atoms with van der Waals surface area (Å²) in [6, 6.07) is 0. The number of amides is 3. The molecule has 128 valence electrons. The average Bonchev–Trinajstić information content (AvgIpc) is 2.38. The molecule has 0 aromatic heterocycles. The van der Waals surface area contributed by atoms with Crippen molar-refractivity contribution in [3.63, 3.8) is 0 Å². The van der Waals surface area contributed by atoms with Crippen molar-refractivity contribution in [2.24, 2.45) is 0 Å². The second-order valence-electron chi connectivity index (χ2n) is 4.80. The third kappa shape index (κ3) is 10.0. The largest absolute Gasteiger partial charge is 0.471 e. The van der Waals surface area contributed by atoms with Crippen molar-refractivity contribution in [1.82, 2.24) is 15.5 Å². The predicted octanol–water partition coefficient (Wildman–Crippen LogP) is 0.820. The molecule has 3 amide bonds. The number of carbonyl (C=O) groups excluding carboxylic acids is 3. The summed E-state index contributed by atoms with van der Waals surface area (Å²) in [7, 11) is 0. The number of nitrogens with zero attached hydrogens (tertiary/aromatic N) is 1. The van der Waals surface area contributed by atoms with Gasteiger partial charge in [-0.05, 0) is 19.3 Å². The van der Waals surface area contributed by atoms with Gasteiger partial charge in [0.15, 0.2) is 0 Å². The summed E-state index contributed by atoms with van der Waals surface area (Å²) < 4.78 is 35.9. The molecule has 0 saturated heterocycles. The topological polar surface area (TPSA) is 78.5 Å². The van der Waals surface area contributed by atoms with Crippen LogP contribution in [0.3, 0.4) is 0 Å². The Labute approximate surface area is 127 Å². The van der Waals surface area contributed by atoms with Gasteiger partial charge in [0.2, 0.25) is 11.8 Å². The van der Waals surface area contributed by atoms with E-state index >= 15 is 0 Å². The van der Waals surface area contributed by atoms with Gasteiger partial charge in [0, 0.05) is 40.0 Å². The minimum Gasteiger partial charge on any atom is -0.356 e. The van der Waals surface area contributed by atoms with Crippen molar-refractivity contribution in [1.29, 1.82) is 0 Å². The smallest absolute Gasteiger partial charge is 0.356 e. The van der Waals surface area contributed by atoms with Crippen LogP contribution >= 0.6 is 0 Å². The number of hydrogen-bond acceptors (Lipinski definition) is 3. The van der Waals surface area contributed by atoms with Gasteiger partial charge in [-0.15, -0.1) is 0 Å². The second kappa shape index (κ2) is 10.0. The number of hydrogen-bond donors (Lipinski definition) is 2. The highest BCUT2D eigenvalue weighted by atomic mass is 19.4. The molecule has 0 bridgehead atoms. The van der Waals surface area contributed by atoms with Crippen LogP contribution < -0.4 is 10.6 Å². The van der Waals surface area contributed by atoms with Crippen molar-refractivity contribution < 1.29 is 27.6 Å². The molecule has 0 atom stereocenters. The molecule has 22 heavy (non-hydrogen) atoms. The van der Waals surface area contributed by atoms with Crippen LogP contribution in [-0.2, 0) is 14.4 Å². The Hall–Kier alpha value is -1.80. The van der Waals surface area contributed by atoms with Crippen LogP contribution in [0.4, 0.5) is 13.2 Å². The monoisotopic (exact) mass is 325 g/mol. The number of carbonyl (C=O) groups is 3. The fourth-order valence-electron chi connectivity index (χ4n) is 1.69. The predicted molar refractivity (Wildman–Crippen MR) is 73.9 cm³/mol. The van der Waals surface area contributed by atoms with Crippen LogP contribution in [0.5, 0.6) is 0 Å². The number of unbranched alkanes of at least 4 members (excludes halogenated alkanes) is 1. The lowest BCUT2D eigenvalue weighted by molar-refractivity contribution is -0.173. The van der Waals surface area contributed by atoms with E-state index in [9.17, 15) is 27.6 Å². The van der Waals surface area contributed by atoms with Gasteiger partial charge in [-0.3, -0.25) is 14.4 Å². The minimum atomic E-state index is -4.88. The van der Waals surface area contributed by atoms with Crippen LogP contribution in [0, 0.1) is 0 Å². The van der Waals surface area contributed by atoms with Crippen molar-refractivity contribution in [3.05, 3.63) is 0 Å². The van der Waals surface area contributed by atoms with E-state index in [0.717, 1.165) is 0 Å². The van der Waals surface area contributed by atoms with Gasteiger partial charge >= 0.3 is 12.1 Å². The Kier molecular flexibility index (Phi) is 9.20. The fraction of sp³-hybridized carbons (Fsp3) is 0.769. The van der Waals surface area contributed by atoms with Gasteiger partial charge in [0.05, 0.1) is 0 Å². The van der Waals surface area contributed by atoms with Gasteiger partial charge in [-0.1, -0.05) is 0 Å². The molecule has 0 aliphatic heterocycles. The number of rotatable bonds is 9. The van der Waals surface area contributed by atoms with Crippen LogP contribution in [0.15, 0.2) is 0 Å². The maximum absolute atomic E-state index is 12.0. The summed E-state index contributed by atoms with van der Waals surface area (Å²) >= 11 is 0. The molecule has 6 nitrogen and oxygen atoms in total. The fourth-order valence-corrected chi connectivity index (χ4v) is 1.69. The molecular weight excluding hydrogens is 303 g/mol. The lowest BCUT2D eigenvalue weighted by atomic mass is 10.2. The van der Waals surface area contributed by atoms with Gasteiger partial charge in [0.1, 0.15) is 0 Å². The Morgan fingerprint density at radius 3 is 1.95 bits per heavy atom. The quantitative estimate of drug-likeness (QED) is 0.616. The van der Waals surface area contributed by atoms with E-state index in [2.05, 4.69) is 5.32 Å². The standard InChI is InChI=1S/C13H22F3N3O3/c1-10(20)17-6-3-4-8-19(11(2)21)9-5-7-18-12(22)13(14,15)16/h3-9H2,1-2H3,(H,17,20)(H,18,22). The summed E-state index contributed by atoms with van der Waals surface area (Å²) in [6.45, 7) is 3.89. The van der Waals surface area contributed by atoms with Gasteiger partial charge < -0.3 is 15.5 Å². The second-order valence-corrected chi connectivity index (χ2v) is 4.80. The lowest BCUT2D eigenvalue weighted by Gasteiger charge is -2.21. The van der Waals surface area contributed by atoms with Crippen LogP contribution in [0.2, 0.25) is 0 Å². The molecule has 0 heterocycles. The highest BCUT2D eigenvalue weighted by Gasteiger charge is 2.38. The van der Waals surface area contributed by atoms with Crippen molar-refractivity contribution >= 4 is 17.7 Å². The van der Waals surface area contributed by atoms with Crippen LogP contribution in [0.25, 0.3) is 0 Å². The first-order chi connectivity index (χ1) is 10.1. The highest BCUT2D eigenvalue weighted by molar-refractivity contribution is 5.81. The van der Waals surface area contributed by atoms with E-state index in [1.165, 1.54) is 18.7 Å². The van der Waals surface area contributed by atoms with Crippen LogP contribution in [-0.4, -0.2) is 55.0 Å². The molecule has 0 radical (unpaired) electrons. The molecular formula is C13H22F3N3O3. The molecule has 0 aromatic rings. The Bertz CT molecular complexity index is 386. The third-order valence-electron chi connectivity index (χ3n) is 2.82. The summed E-state index contributed by atoms with van der Waals surface area (Å²) in [5.41, 5.74) is 0. The molecule has 9 heteroatoms. The number of nitrogens with one attached hydrogen (secondary N) is 2. The zero-order valence-corrected chi connectivity index (χ0v) is 12.8. The molecule has 0 aromatic carbocycles.